The Kier molecular flexibility index (Phi) is 5.83. The number of carbonyl (C=O) groups is 1. The number of nitrogens with one attached hydrogen (secondary N) is 1. The van der Waals surface area contributed by atoms with Crippen molar-refractivity contribution in [2.24, 2.45) is 0 Å². The van der Waals surface area contributed by atoms with E-state index in [1.54, 1.807) is 0 Å². The number of benzene rings is 2. The van der Waals surface area contributed by atoms with Crippen LogP contribution in [0.5, 0.6) is 5.75 Å². The fourth-order valence-corrected chi connectivity index (χ4v) is 2.24. The molecule has 0 bridgehead atoms. The number of hydrogen-bond donors (Lipinski definition) is 1. The van der Waals surface area contributed by atoms with Gasteiger partial charge in [0.15, 0.2) is 0 Å². The Bertz CT molecular complexity index is 621. The van der Waals surface area contributed by atoms with Crippen molar-refractivity contribution in [3.63, 3.8) is 0 Å². The Balaban J connectivity index is 1.75. The number of amides is 1. The minimum Gasteiger partial charge on any atom is -0.490 e. The van der Waals surface area contributed by atoms with Crippen LogP contribution in [0.2, 0.25) is 0 Å². The van der Waals surface area contributed by atoms with Gasteiger partial charge in [-0.1, -0.05) is 34.1 Å². The highest BCUT2D eigenvalue weighted by Crippen LogP contribution is 2.19. The van der Waals surface area contributed by atoms with Gasteiger partial charge in [-0.15, -0.1) is 0 Å². The van der Waals surface area contributed by atoms with Crippen molar-refractivity contribution in [3.05, 3.63) is 58.1 Å². The van der Waals surface area contributed by atoms with Gasteiger partial charge in [0, 0.05) is 10.2 Å². The standard InChI is InChI=1S/C17H18BrNO3/c1-12-4-3-5-13(2)16(12)19-17(20)22-11-10-21-15-8-6-14(18)7-9-15/h3-9H,10-11H2,1-2H3,(H,19,20). The Morgan fingerprint density at radius 3 is 2.32 bits per heavy atom. The predicted molar refractivity (Wildman–Crippen MR) is 90.5 cm³/mol. The fourth-order valence-electron chi connectivity index (χ4n) is 1.97. The molecule has 0 aliphatic rings. The minimum atomic E-state index is -0.475. The van der Waals surface area contributed by atoms with Crippen molar-refractivity contribution in [1.82, 2.24) is 0 Å². The third-order valence-electron chi connectivity index (χ3n) is 3.11. The summed E-state index contributed by atoms with van der Waals surface area (Å²) >= 11 is 3.36. The van der Waals surface area contributed by atoms with Crippen molar-refractivity contribution in [1.29, 1.82) is 0 Å². The van der Waals surface area contributed by atoms with Gasteiger partial charge >= 0.3 is 6.09 Å². The molecule has 0 saturated heterocycles. The highest BCUT2D eigenvalue weighted by molar-refractivity contribution is 9.10. The van der Waals surface area contributed by atoms with Gasteiger partial charge in [-0.25, -0.2) is 4.79 Å². The van der Waals surface area contributed by atoms with E-state index < -0.39 is 6.09 Å². The molecule has 1 N–H and O–H groups in total. The van der Waals surface area contributed by atoms with E-state index in [0.29, 0.717) is 6.61 Å². The summed E-state index contributed by atoms with van der Waals surface area (Å²) in [6.07, 6.45) is -0.475. The van der Waals surface area contributed by atoms with E-state index in [0.717, 1.165) is 27.0 Å². The van der Waals surface area contributed by atoms with Crippen molar-refractivity contribution in [3.8, 4) is 5.75 Å². The minimum absolute atomic E-state index is 0.187. The third-order valence-corrected chi connectivity index (χ3v) is 3.64. The van der Waals surface area contributed by atoms with Gasteiger partial charge in [0.05, 0.1) is 0 Å². The summed E-state index contributed by atoms with van der Waals surface area (Å²) in [7, 11) is 0. The second-order valence-corrected chi connectivity index (χ2v) is 5.75. The predicted octanol–water partition coefficient (Wildman–Crippen LogP) is 4.69. The molecule has 2 aromatic carbocycles. The molecule has 2 aromatic rings. The summed E-state index contributed by atoms with van der Waals surface area (Å²) in [6, 6.07) is 13.3. The third kappa shape index (κ3) is 4.77. The number of ether oxygens (including phenoxy) is 2. The molecule has 1 amide bonds. The van der Waals surface area contributed by atoms with Gasteiger partial charge in [-0.05, 0) is 49.2 Å². The monoisotopic (exact) mass is 363 g/mol. The number of hydrogen-bond acceptors (Lipinski definition) is 3. The molecule has 116 valence electrons. The molecule has 22 heavy (non-hydrogen) atoms. The van der Waals surface area contributed by atoms with E-state index in [1.807, 2.05) is 56.3 Å². The molecule has 0 aliphatic carbocycles. The molecule has 0 saturated carbocycles. The second-order valence-electron chi connectivity index (χ2n) is 4.83. The zero-order valence-electron chi connectivity index (χ0n) is 12.6. The molecule has 0 heterocycles. The quantitative estimate of drug-likeness (QED) is 0.783. The molecule has 2 rings (SSSR count). The van der Waals surface area contributed by atoms with Gasteiger partial charge in [0.1, 0.15) is 19.0 Å². The molecule has 0 fully saturated rings. The van der Waals surface area contributed by atoms with E-state index in [-0.39, 0.29) is 6.61 Å². The summed E-state index contributed by atoms with van der Waals surface area (Å²) in [6.45, 7) is 4.38. The zero-order valence-corrected chi connectivity index (χ0v) is 14.1. The highest BCUT2D eigenvalue weighted by Gasteiger charge is 2.07. The van der Waals surface area contributed by atoms with Crippen LogP contribution in [0.3, 0.4) is 0 Å². The Hall–Kier alpha value is -2.01. The topological polar surface area (TPSA) is 47.6 Å². The second kappa shape index (κ2) is 7.84. The summed E-state index contributed by atoms with van der Waals surface area (Å²) < 4.78 is 11.6. The number of anilines is 1. The van der Waals surface area contributed by atoms with Crippen molar-refractivity contribution < 1.29 is 14.3 Å². The van der Waals surface area contributed by atoms with Crippen LogP contribution in [0, 0.1) is 13.8 Å². The summed E-state index contributed by atoms with van der Waals surface area (Å²) in [5, 5.41) is 2.76. The van der Waals surface area contributed by atoms with E-state index in [4.69, 9.17) is 9.47 Å². The van der Waals surface area contributed by atoms with Gasteiger partial charge in [0.25, 0.3) is 0 Å². The Labute approximate surface area is 138 Å². The van der Waals surface area contributed by atoms with Crippen LogP contribution in [0.1, 0.15) is 11.1 Å². The molecule has 0 spiro atoms. The molecule has 0 aromatic heterocycles. The molecular weight excluding hydrogens is 346 g/mol. The largest absolute Gasteiger partial charge is 0.490 e. The lowest BCUT2D eigenvalue weighted by molar-refractivity contribution is 0.138. The lowest BCUT2D eigenvalue weighted by Crippen LogP contribution is -2.18. The highest BCUT2D eigenvalue weighted by atomic mass is 79.9. The summed E-state index contributed by atoms with van der Waals surface area (Å²) in [5.41, 5.74) is 2.80. The summed E-state index contributed by atoms with van der Waals surface area (Å²) in [4.78, 5) is 11.8. The summed E-state index contributed by atoms with van der Waals surface area (Å²) in [5.74, 6) is 0.738. The average molecular weight is 364 g/mol. The molecule has 5 heteroatoms. The van der Waals surface area contributed by atoms with Crippen LogP contribution < -0.4 is 10.1 Å². The molecule has 0 radical (unpaired) electrons. The first-order valence-corrected chi connectivity index (χ1v) is 7.74. The maximum Gasteiger partial charge on any atom is 0.411 e. The first-order valence-electron chi connectivity index (χ1n) is 6.94. The maximum absolute atomic E-state index is 11.8. The van der Waals surface area contributed by atoms with Crippen LogP contribution >= 0.6 is 15.9 Å². The number of carbonyl (C=O) groups excluding carboxylic acids is 1. The molecule has 0 unspecified atom stereocenters. The van der Waals surface area contributed by atoms with Crippen LogP contribution in [0.15, 0.2) is 46.9 Å². The lowest BCUT2D eigenvalue weighted by Gasteiger charge is -2.12. The van der Waals surface area contributed by atoms with Gasteiger partial charge in [-0.3, -0.25) is 5.32 Å². The Morgan fingerprint density at radius 1 is 1.05 bits per heavy atom. The zero-order chi connectivity index (χ0) is 15.9. The van der Waals surface area contributed by atoms with Crippen molar-refractivity contribution in [2.75, 3.05) is 18.5 Å². The fraction of sp³-hybridized carbons (Fsp3) is 0.235. The van der Waals surface area contributed by atoms with Gasteiger partial charge in [0.2, 0.25) is 0 Å². The molecule has 4 nitrogen and oxygen atoms in total. The van der Waals surface area contributed by atoms with Crippen LogP contribution in [0.25, 0.3) is 0 Å². The van der Waals surface area contributed by atoms with Gasteiger partial charge < -0.3 is 9.47 Å². The normalized spacial score (nSPS) is 10.1. The van der Waals surface area contributed by atoms with Crippen LogP contribution in [-0.4, -0.2) is 19.3 Å². The van der Waals surface area contributed by atoms with Crippen LogP contribution in [-0.2, 0) is 4.74 Å². The Morgan fingerprint density at radius 2 is 1.68 bits per heavy atom. The lowest BCUT2D eigenvalue weighted by atomic mass is 10.1. The number of halogens is 1. The van der Waals surface area contributed by atoms with Crippen molar-refractivity contribution >= 4 is 27.7 Å². The molecule has 0 aliphatic heterocycles. The molecule has 0 atom stereocenters. The average Bonchev–Trinajstić information content (AvgIpc) is 2.49. The molecular formula is C17H18BrNO3. The number of rotatable bonds is 5. The van der Waals surface area contributed by atoms with E-state index in [9.17, 15) is 4.79 Å². The van der Waals surface area contributed by atoms with E-state index in [2.05, 4.69) is 21.2 Å². The SMILES string of the molecule is Cc1cccc(C)c1NC(=O)OCCOc1ccc(Br)cc1. The first kappa shape index (κ1) is 16.4. The van der Waals surface area contributed by atoms with E-state index in [1.165, 1.54) is 0 Å². The van der Waals surface area contributed by atoms with E-state index >= 15 is 0 Å². The van der Waals surface area contributed by atoms with Crippen LogP contribution in [0.4, 0.5) is 10.5 Å². The first-order chi connectivity index (χ1) is 10.6. The smallest absolute Gasteiger partial charge is 0.411 e. The number of aryl methyl sites for hydroxylation is 2. The van der Waals surface area contributed by atoms with Gasteiger partial charge in [-0.2, -0.15) is 0 Å². The number of para-hydroxylation sites is 1. The van der Waals surface area contributed by atoms with Crippen molar-refractivity contribution in [2.45, 2.75) is 13.8 Å². The maximum atomic E-state index is 11.8.